The fourth-order valence-electron chi connectivity index (χ4n) is 2.43. The van der Waals surface area contributed by atoms with Gasteiger partial charge in [-0.1, -0.05) is 60.4 Å². The Balaban J connectivity index is 2.23. The third-order valence-electron chi connectivity index (χ3n) is 3.45. The van der Waals surface area contributed by atoms with Gasteiger partial charge in [0.25, 0.3) is 0 Å². The quantitative estimate of drug-likeness (QED) is 0.382. The third kappa shape index (κ3) is 2.59. The molecular weight excluding hydrogens is 260 g/mol. The molecule has 0 saturated heterocycles. The number of benzene rings is 3. The van der Waals surface area contributed by atoms with Gasteiger partial charge in [0.2, 0.25) is 0 Å². The first-order chi connectivity index (χ1) is 10.3. The van der Waals surface area contributed by atoms with Crippen molar-refractivity contribution < 1.29 is 9.53 Å². The normalized spacial score (nSPS) is 10.1. The van der Waals surface area contributed by atoms with E-state index in [1.165, 1.54) is 7.11 Å². The van der Waals surface area contributed by atoms with Crippen LogP contribution in [0.15, 0.2) is 54.6 Å². The summed E-state index contributed by atoms with van der Waals surface area (Å²) in [5.74, 6) is 5.74. The molecule has 0 bridgehead atoms. The second-order valence-electron chi connectivity index (χ2n) is 4.75. The van der Waals surface area contributed by atoms with Gasteiger partial charge in [-0.05, 0) is 27.6 Å². The number of carbonyl (C=O) groups is 1. The van der Waals surface area contributed by atoms with Gasteiger partial charge in [0.1, 0.15) is 6.42 Å². The zero-order chi connectivity index (χ0) is 14.7. The van der Waals surface area contributed by atoms with Crippen LogP contribution in [0.1, 0.15) is 12.0 Å². The molecule has 0 spiro atoms. The van der Waals surface area contributed by atoms with E-state index in [1.54, 1.807) is 0 Å². The standard InChI is InChI=1S/C19H14O2/c1-21-19(20)12-6-11-18-16-9-4-2-7-14(16)13-15-8-3-5-10-17(15)18/h2-5,7-10,13H,12H2,1H3. The minimum absolute atomic E-state index is 0.105. The molecule has 0 unspecified atom stereocenters. The van der Waals surface area contributed by atoms with Gasteiger partial charge in [-0.15, -0.1) is 0 Å². The molecule has 3 aromatic carbocycles. The largest absolute Gasteiger partial charge is 0.468 e. The van der Waals surface area contributed by atoms with Crippen molar-refractivity contribution in [2.75, 3.05) is 7.11 Å². The molecule has 0 heterocycles. The Morgan fingerprint density at radius 2 is 1.57 bits per heavy atom. The summed E-state index contributed by atoms with van der Waals surface area (Å²) in [6, 6.07) is 18.5. The topological polar surface area (TPSA) is 26.3 Å². The smallest absolute Gasteiger partial charge is 0.317 e. The number of esters is 1. The first kappa shape index (κ1) is 13.2. The Bertz CT molecular complexity index is 828. The van der Waals surface area contributed by atoms with Crippen molar-refractivity contribution in [1.29, 1.82) is 0 Å². The van der Waals surface area contributed by atoms with Crippen molar-refractivity contribution in [2.45, 2.75) is 6.42 Å². The molecule has 0 saturated carbocycles. The van der Waals surface area contributed by atoms with E-state index in [-0.39, 0.29) is 12.4 Å². The van der Waals surface area contributed by atoms with Crippen LogP contribution in [0.3, 0.4) is 0 Å². The van der Waals surface area contributed by atoms with Crippen molar-refractivity contribution in [3.8, 4) is 11.8 Å². The van der Waals surface area contributed by atoms with Crippen LogP contribution in [0.25, 0.3) is 21.5 Å². The van der Waals surface area contributed by atoms with E-state index < -0.39 is 0 Å². The van der Waals surface area contributed by atoms with Crippen molar-refractivity contribution >= 4 is 27.5 Å². The van der Waals surface area contributed by atoms with Crippen LogP contribution in [0.4, 0.5) is 0 Å². The third-order valence-corrected chi connectivity index (χ3v) is 3.45. The van der Waals surface area contributed by atoms with Crippen molar-refractivity contribution in [3.63, 3.8) is 0 Å². The lowest BCUT2D eigenvalue weighted by atomic mass is 9.97. The average molecular weight is 274 g/mol. The van der Waals surface area contributed by atoms with Gasteiger partial charge in [0, 0.05) is 5.56 Å². The Morgan fingerprint density at radius 3 is 2.14 bits per heavy atom. The Morgan fingerprint density at radius 1 is 1.00 bits per heavy atom. The number of carbonyl (C=O) groups excluding carboxylic acids is 1. The van der Waals surface area contributed by atoms with Gasteiger partial charge in [0.15, 0.2) is 0 Å². The molecule has 0 fully saturated rings. The van der Waals surface area contributed by atoms with E-state index in [0.29, 0.717) is 0 Å². The Kier molecular flexibility index (Phi) is 3.57. The van der Waals surface area contributed by atoms with Crippen molar-refractivity contribution in [1.82, 2.24) is 0 Å². The molecule has 0 aliphatic heterocycles. The average Bonchev–Trinajstić information content (AvgIpc) is 2.54. The summed E-state index contributed by atoms with van der Waals surface area (Å²) in [6.45, 7) is 0. The van der Waals surface area contributed by atoms with Crippen LogP contribution in [0.5, 0.6) is 0 Å². The molecule has 3 rings (SSSR count). The Hall–Kier alpha value is -2.79. The molecule has 2 heteroatoms. The minimum atomic E-state index is -0.313. The molecule has 0 aliphatic carbocycles. The maximum absolute atomic E-state index is 11.2. The van der Waals surface area contributed by atoms with Crippen LogP contribution >= 0.6 is 0 Å². The molecule has 0 atom stereocenters. The lowest BCUT2D eigenvalue weighted by Gasteiger charge is -2.06. The predicted octanol–water partition coefficient (Wildman–Crippen LogP) is 3.91. The van der Waals surface area contributed by atoms with Crippen molar-refractivity contribution in [3.05, 3.63) is 60.2 Å². The molecule has 0 aromatic heterocycles. The van der Waals surface area contributed by atoms with Crippen LogP contribution in [-0.2, 0) is 9.53 Å². The molecule has 2 nitrogen and oxygen atoms in total. The minimum Gasteiger partial charge on any atom is -0.468 e. The number of hydrogen-bond donors (Lipinski definition) is 0. The first-order valence-corrected chi connectivity index (χ1v) is 6.76. The predicted molar refractivity (Wildman–Crippen MR) is 85.0 cm³/mol. The van der Waals surface area contributed by atoms with Gasteiger partial charge in [-0.3, -0.25) is 4.79 Å². The zero-order valence-electron chi connectivity index (χ0n) is 11.7. The SMILES string of the molecule is COC(=O)CC#Cc1c2ccccc2cc2ccccc12. The number of methoxy groups -OCH3 is 1. The van der Waals surface area contributed by atoms with Crippen LogP contribution in [0, 0.1) is 11.8 Å². The van der Waals surface area contributed by atoms with Crippen LogP contribution in [-0.4, -0.2) is 13.1 Å². The summed E-state index contributed by atoms with van der Waals surface area (Å²) in [7, 11) is 1.37. The van der Waals surface area contributed by atoms with Crippen molar-refractivity contribution in [2.24, 2.45) is 0 Å². The lowest BCUT2D eigenvalue weighted by Crippen LogP contribution is -1.97. The second kappa shape index (κ2) is 5.68. The van der Waals surface area contributed by atoms with E-state index in [4.69, 9.17) is 0 Å². The summed E-state index contributed by atoms with van der Waals surface area (Å²) >= 11 is 0. The van der Waals surface area contributed by atoms with Gasteiger partial charge >= 0.3 is 5.97 Å². The molecule has 0 radical (unpaired) electrons. The Labute approximate surface area is 123 Å². The molecule has 0 aliphatic rings. The molecule has 0 N–H and O–H groups in total. The summed E-state index contributed by atoms with van der Waals surface area (Å²) in [4.78, 5) is 11.2. The first-order valence-electron chi connectivity index (χ1n) is 6.76. The van der Waals surface area contributed by atoms with Gasteiger partial charge < -0.3 is 4.74 Å². The molecule has 3 aromatic rings. The molecular formula is C19H14O2. The highest BCUT2D eigenvalue weighted by molar-refractivity contribution is 6.04. The summed E-state index contributed by atoms with van der Waals surface area (Å²) in [5, 5.41) is 4.51. The summed E-state index contributed by atoms with van der Waals surface area (Å²) in [5.41, 5.74) is 0.965. The maximum Gasteiger partial charge on any atom is 0.317 e. The summed E-state index contributed by atoms with van der Waals surface area (Å²) in [6.07, 6.45) is 0.105. The van der Waals surface area contributed by atoms with E-state index in [9.17, 15) is 4.79 Å². The van der Waals surface area contributed by atoms with Gasteiger partial charge in [0.05, 0.1) is 7.11 Å². The van der Waals surface area contributed by atoms with Crippen LogP contribution in [0.2, 0.25) is 0 Å². The van der Waals surface area contributed by atoms with E-state index in [0.717, 1.165) is 27.1 Å². The van der Waals surface area contributed by atoms with Gasteiger partial charge in [-0.2, -0.15) is 0 Å². The second-order valence-corrected chi connectivity index (χ2v) is 4.75. The van der Waals surface area contributed by atoms with E-state index >= 15 is 0 Å². The van der Waals surface area contributed by atoms with Gasteiger partial charge in [-0.25, -0.2) is 0 Å². The molecule has 0 amide bonds. The fraction of sp³-hybridized carbons (Fsp3) is 0.105. The summed E-state index contributed by atoms with van der Waals surface area (Å²) < 4.78 is 4.62. The fourth-order valence-corrected chi connectivity index (χ4v) is 2.43. The molecule has 102 valence electrons. The highest BCUT2D eigenvalue weighted by Gasteiger charge is 2.05. The zero-order valence-corrected chi connectivity index (χ0v) is 11.7. The highest BCUT2D eigenvalue weighted by Crippen LogP contribution is 2.27. The highest BCUT2D eigenvalue weighted by atomic mass is 16.5. The number of hydrogen-bond acceptors (Lipinski definition) is 2. The molecule has 21 heavy (non-hydrogen) atoms. The number of rotatable bonds is 1. The number of ether oxygens (including phenoxy) is 1. The van der Waals surface area contributed by atoms with E-state index in [1.807, 2.05) is 24.3 Å². The van der Waals surface area contributed by atoms with E-state index in [2.05, 4.69) is 46.9 Å². The lowest BCUT2D eigenvalue weighted by molar-refractivity contribution is -0.139. The maximum atomic E-state index is 11.2. The number of fused-ring (bicyclic) bond motifs is 2. The monoisotopic (exact) mass is 274 g/mol. The van der Waals surface area contributed by atoms with Crippen LogP contribution < -0.4 is 0 Å².